The van der Waals surface area contributed by atoms with Crippen molar-refractivity contribution in [1.82, 2.24) is 4.90 Å². The van der Waals surface area contributed by atoms with Crippen LogP contribution in [0.5, 0.6) is 5.75 Å². The molecule has 0 aromatic heterocycles. The molecule has 2 aromatic rings. The fourth-order valence-electron chi connectivity index (χ4n) is 4.03. The number of nitriles is 1. The molecule has 0 N–H and O–H groups in total. The Morgan fingerprint density at radius 3 is 2.73 bits per heavy atom. The SMILES string of the molecule is COc1ccc(-c2cccc3c2CCN3C(=O)[C@@H]2CCCN2C#N)cc1. The first-order chi connectivity index (χ1) is 12.7. The van der Waals surface area contributed by atoms with E-state index in [4.69, 9.17) is 4.74 Å². The molecule has 1 atom stereocenters. The molecule has 0 bridgehead atoms. The minimum Gasteiger partial charge on any atom is -0.497 e. The van der Waals surface area contributed by atoms with Crippen molar-refractivity contribution in [3.05, 3.63) is 48.0 Å². The maximum absolute atomic E-state index is 13.0. The zero-order valence-corrected chi connectivity index (χ0v) is 14.8. The van der Waals surface area contributed by atoms with Crippen LogP contribution in [0.4, 0.5) is 5.69 Å². The summed E-state index contributed by atoms with van der Waals surface area (Å²) in [4.78, 5) is 16.5. The van der Waals surface area contributed by atoms with Crippen LogP contribution < -0.4 is 9.64 Å². The lowest BCUT2D eigenvalue weighted by atomic mass is 9.98. The van der Waals surface area contributed by atoms with Crippen molar-refractivity contribution in [3.63, 3.8) is 0 Å². The molecule has 2 aromatic carbocycles. The first-order valence-corrected chi connectivity index (χ1v) is 8.97. The van der Waals surface area contributed by atoms with E-state index < -0.39 is 0 Å². The van der Waals surface area contributed by atoms with Gasteiger partial charge in [0.2, 0.25) is 5.91 Å². The van der Waals surface area contributed by atoms with E-state index in [9.17, 15) is 10.1 Å². The summed E-state index contributed by atoms with van der Waals surface area (Å²) in [5, 5.41) is 9.25. The molecule has 2 heterocycles. The Morgan fingerprint density at radius 1 is 1.19 bits per heavy atom. The van der Waals surface area contributed by atoms with E-state index in [0.717, 1.165) is 41.8 Å². The Hall–Kier alpha value is -3.00. The number of hydrogen-bond donors (Lipinski definition) is 0. The van der Waals surface area contributed by atoms with Crippen molar-refractivity contribution in [2.75, 3.05) is 25.1 Å². The van der Waals surface area contributed by atoms with Crippen LogP contribution in [0.25, 0.3) is 11.1 Å². The van der Waals surface area contributed by atoms with Crippen LogP contribution in [0, 0.1) is 11.5 Å². The van der Waals surface area contributed by atoms with Crippen LogP contribution in [-0.2, 0) is 11.2 Å². The van der Waals surface area contributed by atoms with Gasteiger partial charge in [0.25, 0.3) is 0 Å². The van der Waals surface area contributed by atoms with Crippen LogP contribution in [-0.4, -0.2) is 37.0 Å². The lowest BCUT2D eigenvalue weighted by Gasteiger charge is -2.25. The number of ether oxygens (including phenoxy) is 1. The molecule has 1 fully saturated rings. The number of methoxy groups -OCH3 is 1. The first-order valence-electron chi connectivity index (χ1n) is 8.97. The van der Waals surface area contributed by atoms with Crippen LogP contribution >= 0.6 is 0 Å². The smallest absolute Gasteiger partial charge is 0.250 e. The average molecular weight is 347 g/mol. The highest BCUT2D eigenvalue weighted by Gasteiger charge is 2.36. The van der Waals surface area contributed by atoms with Crippen molar-refractivity contribution in [3.8, 4) is 23.1 Å². The summed E-state index contributed by atoms with van der Waals surface area (Å²) < 4.78 is 5.24. The fourth-order valence-corrected chi connectivity index (χ4v) is 4.03. The second kappa shape index (κ2) is 6.72. The molecule has 0 spiro atoms. The number of rotatable bonds is 3. The highest BCUT2D eigenvalue weighted by Crippen LogP contribution is 2.37. The molecule has 26 heavy (non-hydrogen) atoms. The lowest BCUT2D eigenvalue weighted by molar-refractivity contribution is -0.121. The molecule has 0 radical (unpaired) electrons. The van der Waals surface area contributed by atoms with Crippen molar-refractivity contribution in [2.24, 2.45) is 0 Å². The first kappa shape index (κ1) is 16.5. The predicted molar refractivity (Wildman–Crippen MR) is 99.8 cm³/mol. The van der Waals surface area contributed by atoms with Crippen molar-refractivity contribution in [2.45, 2.75) is 25.3 Å². The molecule has 2 aliphatic heterocycles. The third kappa shape index (κ3) is 2.68. The van der Waals surface area contributed by atoms with Gasteiger partial charge in [0.15, 0.2) is 6.19 Å². The van der Waals surface area contributed by atoms with E-state index in [1.54, 1.807) is 12.0 Å². The summed E-state index contributed by atoms with van der Waals surface area (Å²) >= 11 is 0. The molecule has 5 heteroatoms. The summed E-state index contributed by atoms with van der Waals surface area (Å²) in [5.41, 5.74) is 4.46. The zero-order chi connectivity index (χ0) is 18.1. The number of nitrogens with zero attached hydrogens (tertiary/aromatic N) is 3. The molecular formula is C21H21N3O2. The molecule has 0 saturated carbocycles. The zero-order valence-electron chi connectivity index (χ0n) is 14.8. The van der Waals surface area contributed by atoms with Gasteiger partial charge in [-0.15, -0.1) is 0 Å². The highest BCUT2D eigenvalue weighted by molar-refractivity contribution is 6.00. The van der Waals surface area contributed by atoms with E-state index in [2.05, 4.69) is 12.3 Å². The molecule has 5 nitrogen and oxygen atoms in total. The molecule has 2 aliphatic rings. The number of likely N-dealkylation sites (tertiary alicyclic amines) is 1. The van der Waals surface area contributed by atoms with Crippen LogP contribution in [0.3, 0.4) is 0 Å². The van der Waals surface area contributed by atoms with Crippen molar-refractivity contribution < 1.29 is 9.53 Å². The van der Waals surface area contributed by atoms with Gasteiger partial charge in [-0.1, -0.05) is 24.3 Å². The van der Waals surface area contributed by atoms with Gasteiger partial charge < -0.3 is 9.64 Å². The van der Waals surface area contributed by atoms with Crippen LogP contribution in [0.2, 0.25) is 0 Å². The van der Waals surface area contributed by atoms with Gasteiger partial charge in [-0.25, -0.2) is 0 Å². The summed E-state index contributed by atoms with van der Waals surface area (Å²) in [6, 6.07) is 13.8. The van der Waals surface area contributed by atoms with Gasteiger partial charge in [0.1, 0.15) is 11.8 Å². The maximum atomic E-state index is 13.0. The molecular weight excluding hydrogens is 326 g/mol. The summed E-state index contributed by atoms with van der Waals surface area (Å²) in [6.45, 7) is 1.36. The fraction of sp³-hybridized carbons (Fsp3) is 0.333. The number of carbonyl (C=O) groups excluding carboxylic acids is 1. The summed E-state index contributed by atoms with van der Waals surface area (Å²) in [7, 11) is 1.66. The lowest BCUT2D eigenvalue weighted by Crippen LogP contribution is -2.43. The number of carbonyl (C=O) groups is 1. The van der Waals surface area contributed by atoms with Gasteiger partial charge >= 0.3 is 0 Å². The molecule has 1 amide bonds. The second-order valence-corrected chi connectivity index (χ2v) is 6.72. The molecule has 0 aliphatic carbocycles. The molecule has 0 unspecified atom stereocenters. The van der Waals surface area contributed by atoms with Gasteiger partial charge in [0.05, 0.1) is 7.11 Å². The number of benzene rings is 2. The third-order valence-corrected chi connectivity index (χ3v) is 5.36. The quantitative estimate of drug-likeness (QED) is 0.800. The topological polar surface area (TPSA) is 56.6 Å². The minimum atomic E-state index is -0.310. The molecule has 1 saturated heterocycles. The monoisotopic (exact) mass is 347 g/mol. The average Bonchev–Trinajstić information content (AvgIpc) is 3.34. The van der Waals surface area contributed by atoms with E-state index in [1.165, 1.54) is 5.56 Å². The second-order valence-electron chi connectivity index (χ2n) is 6.72. The van der Waals surface area contributed by atoms with Crippen molar-refractivity contribution >= 4 is 11.6 Å². The number of anilines is 1. The van der Waals surface area contributed by atoms with Crippen molar-refractivity contribution in [1.29, 1.82) is 5.26 Å². The minimum absolute atomic E-state index is 0.0506. The number of hydrogen-bond acceptors (Lipinski definition) is 4. The Bertz CT molecular complexity index is 870. The van der Waals surface area contributed by atoms with Gasteiger partial charge in [-0.05, 0) is 54.2 Å². The van der Waals surface area contributed by atoms with E-state index in [1.807, 2.05) is 41.3 Å². The highest BCUT2D eigenvalue weighted by atomic mass is 16.5. The molecule has 4 rings (SSSR count). The molecule has 132 valence electrons. The summed E-state index contributed by atoms with van der Waals surface area (Å²) in [5.74, 6) is 0.880. The number of fused-ring (bicyclic) bond motifs is 1. The number of amides is 1. The Morgan fingerprint density at radius 2 is 2.00 bits per heavy atom. The predicted octanol–water partition coefficient (Wildman–Crippen LogP) is 3.20. The Balaban J connectivity index is 1.65. The van der Waals surface area contributed by atoms with E-state index >= 15 is 0 Å². The summed E-state index contributed by atoms with van der Waals surface area (Å²) in [6.07, 6.45) is 4.66. The standard InChI is InChI=1S/C21H21N3O2/c1-26-16-9-7-15(8-10-16)17-4-2-5-19-18(17)11-13-24(19)21(25)20-6-3-12-23(20)14-22/h2,4-5,7-10,20H,3,6,11-13H2,1H3/t20-/m0/s1. The van der Waals surface area contributed by atoms with E-state index in [0.29, 0.717) is 13.1 Å². The van der Waals surface area contributed by atoms with Gasteiger partial charge in [-0.3, -0.25) is 9.69 Å². The van der Waals surface area contributed by atoms with E-state index in [-0.39, 0.29) is 11.9 Å². The third-order valence-electron chi connectivity index (χ3n) is 5.36. The van der Waals surface area contributed by atoms with Gasteiger partial charge in [-0.2, -0.15) is 5.26 Å². The van der Waals surface area contributed by atoms with Crippen LogP contribution in [0.1, 0.15) is 18.4 Å². The normalized spacial score (nSPS) is 18.5. The maximum Gasteiger partial charge on any atom is 0.250 e. The Labute approximate surface area is 153 Å². The van der Waals surface area contributed by atoms with Crippen LogP contribution in [0.15, 0.2) is 42.5 Å². The van der Waals surface area contributed by atoms with Gasteiger partial charge in [0, 0.05) is 18.8 Å². The Kier molecular flexibility index (Phi) is 4.26. The largest absolute Gasteiger partial charge is 0.497 e.